The number of nitrogens with two attached hydrogens (primary N) is 1. The fourth-order valence-electron chi connectivity index (χ4n) is 1.79. The standard InChI is InChI=1S/C9H19NO/c1-7(10)8-3-5-9(2,11)6-4-8/h7-8,11H,3-6,10H2,1-2H3. The highest BCUT2D eigenvalue weighted by Gasteiger charge is 2.29. The maximum atomic E-state index is 9.63. The summed E-state index contributed by atoms with van der Waals surface area (Å²) < 4.78 is 0. The van der Waals surface area contributed by atoms with E-state index in [1.54, 1.807) is 0 Å². The van der Waals surface area contributed by atoms with Gasteiger partial charge in [-0.15, -0.1) is 0 Å². The summed E-state index contributed by atoms with van der Waals surface area (Å²) in [5.74, 6) is 0.634. The second-order valence-corrected chi connectivity index (χ2v) is 4.19. The summed E-state index contributed by atoms with van der Waals surface area (Å²) in [4.78, 5) is 0. The van der Waals surface area contributed by atoms with Gasteiger partial charge in [0.25, 0.3) is 0 Å². The van der Waals surface area contributed by atoms with Crippen LogP contribution < -0.4 is 5.73 Å². The second kappa shape index (κ2) is 3.11. The lowest BCUT2D eigenvalue weighted by molar-refractivity contribution is 0.00545. The van der Waals surface area contributed by atoms with E-state index in [1.807, 2.05) is 6.92 Å². The van der Waals surface area contributed by atoms with Crippen LogP contribution in [0.1, 0.15) is 39.5 Å². The molecule has 0 heterocycles. The van der Waals surface area contributed by atoms with Gasteiger partial charge in [0.15, 0.2) is 0 Å². The summed E-state index contributed by atoms with van der Waals surface area (Å²) in [6, 6.07) is 0.297. The van der Waals surface area contributed by atoms with Crippen molar-refractivity contribution >= 4 is 0 Å². The van der Waals surface area contributed by atoms with Gasteiger partial charge >= 0.3 is 0 Å². The van der Waals surface area contributed by atoms with E-state index in [0.29, 0.717) is 12.0 Å². The predicted molar refractivity (Wildman–Crippen MR) is 46.2 cm³/mol. The first kappa shape index (κ1) is 9.01. The van der Waals surface area contributed by atoms with Crippen LogP contribution in [0.2, 0.25) is 0 Å². The number of aliphatic hydroxyl groups is 1. The Morgan fingerprint density at radius 2 is 1.91 bits per heavy atom. The molecule has 0 aromatic heterocycles. The lowest BCUT2D eigenvalue weighted by Gasteiger charge is -2.34. The van der Waals surface area contributed by atoms with Crippen LogP contribution in [-0.4, -0.2) is 16.7 Å². The van der Waals surface area contributed by atoms with Crippen LogP contribution in [0.15, 0.2) is 0 Å². The molecule has 0 spiro atoms. The third-order valence-electron chi connectivity index (χ3n) is 2.85. The van der Waals surface area contributed by atoms with Gasteiger partial charge < -0.3 is 10.8 Å². The molecule has 66 valence electrons. The van der Waals surface area contributed by atoms with E-state index >= 15 is 0 Å². The summed E-state index contributed by atoms with van der Waals surface area (Å²) in [6.45, 7) is 3.98. The van der Waals surface area contributed by atoms with Crippen molar-refractivity contribution in [2.24, 2.45) is 11.7 Å². The van der Waals surface area contributed by atoms with E-state index in [9.17, 15) is 5.11 Å². The molecular weight excluding hydrogens is 138 g/mol. The first-order valence-corrected chi connectivity index (χ1v) is 4.49. The Labute approximate surface area is 68.8 Å². The molecule has 3 N–H and O–H groups in total. The molecular formula is C9H19NO. The van der Waals surface area contributed by atoms with E-state index < -0.39 is 5.60 Å². The maximum absolute atomic E-state index is 9.63. The van der Waals surface area contributed by atoms with Gasteiger partial charge in [-0.1, -0.05) is 0 Å². The first-order chi connectivity index (χ1) is 5.01. The molecule has 1 unspecified atom stereocenters. The highest BCUT2D eigenvalue weighted by molar-refractivity contribution is 4.84. The van der Waals surface area contributed by atoms with Crippen LogP contribution in [0.3, 0.4) is 0 Å². The Balaban J connectivity index is 2.36. The number of hydrogen-bond donors (Lipinski definition) is 2. The summed E-state index contributed by atoms with van der Waals surface area (Å²) in [5, 5.41) is 9.63. The Morgan fingerprint density at radius 1 is 1.45 bits per heavy atom. The molecule has 0 aromatic rings. The zero-order valence-corrected chi connectivity index (χ0v) is 7.51. The van der Waals surface area contributed by atoms with Gasteiger partial charge in [0.2, 0.25) is 0 Å². The molecule has 2 nitrogen and oxygen atoms in total. The van der Waals surface area contributed by atoms with Gasteiger partial charge in [-0.2, -0.15) is 0 Å². The van der Waals surface area contributed by atoms with Crippen molar-refractivity contribution in [1.29, 1.82) is 0 Å². The predicted octanol–water partition coefficient (Wildman–Crippen LogP) is 1.27. The molecule has 11 heavy (non-hydrogen) atoms. The molecule has 1 aliphatic rings. The van der Waals surface area contributed by atoms with Crippen LogP contribution in [0.25, 0.3) is 0 Å². The van der Waals surface area contributed by atoms with E-state index in [-0.39, 0.29) is 0 Å². The fraction of sp³-hybridized carbons (Fsp3) is 1.00. The topological polar surface area (TPSA) is 46.2 Å². The SMILES string of the molecule is CC(N)C1CCC(C)(O)CC1. The molecule has 0 aliphatic heterocycles. The summed E-state index contributed by atoms with van der Waals surface area (Å²) in [6.07, 6.45) is 4.01. The fourth-order valence-corrected chi connectivity index (χ4v) is 1.79. The van der Waals surface area contributed by atoms with Crippen LogP contribution in [0, 0.1) is 5.92 Å². The molecule has 0 saturated heterocycles. The monoisotopic (exact) mass is 157 g/mol. The van der Waals surface area contributed by atoms with Crippen LogP contribution in [0.5, 0.6) is 0 Å². The molecule has 0 bridgehead atoms. The molecule has 2 heteroatoms. The van der Waals surface area contributed by atoms with Crippen molar-refractivity contribution in [3.05, 3.63) is 0 Å². The molecule has 0 radical (unpaired) electrons. The van der Waals surface area contributed by atoms with Gasteiger partial charge in [-0.3, -0.25) is 0 Å². The lowest BCUT2D eigenvalue weighted by Crippen LogP contribution is -2.36. The van der Waals surface area contributed by atoms with Crippen molar-refractivity contribution in [2.45, 2.75) is 51.2 Å². The molecule has 0 aromatic carbocycles. The molecule has 1 fully saturated rings. The zero-order valence-electron chi connectivity index (χ0n) is 7.51. The maximum Gasteiger partial charge on any atom is 0.0620 e. The van der Waals surface area contributed by atoms with E-state index in [2.05, 4.69) is 6.92 Å². The Morgan fingerprint density at radius 3 is 2.27 bits per heavy atom. The third kappa shape index (κ3) is 2.46. The molecule has 1 saturated carbocycles. The van der Waals surface area contributed by atoms with Crippen molar-refractivity contribution in [1.82, 2.24) is 0 Å². The highest BCUT2D eigenvalue weighted by Crippen LogP contribution is 2.32. The second-order valence-electron chi connectivity index (χ2n) is 4.19. The van der Waals surface area contributed by atoms with Gasteiger partial charge in [-0.25, -0.2) is 0 Å². The smallest absolute Gasteiger partial charge is 0.0620 e. The van der Waals surface area contributed by atoms with Gasteiger partial charge in [-0.05, 0) is 45.4 Å². The number of rotatable bonds is 1. The summed E-state index contributed by atoms with van der Waals surface area (Å²) >= 11 is 0. The Bertz CT molecular complexity index is 122. The van der Waals surface area contributed by atoms with Crippen LogP contribution in [-0.2, 0) is 0 Å². The van der Waals surface area contributed by atoms with Gasteiger partial charge in [0.1, 0.15) is 0 Å². The quantitative estimate of drug-likeness (QED) is 0.602. The van der Waals surface area contributed by atoms with E-state index in [0.717, 1.165) is 25.7 Å². The zero-order chi connectivity index (χ0) is 8.48. The van der Waals surface area contributed by atoms with Crippen molar-refractivity contribution in [2.75, 3.05) is 0 Å². The van der Waals surface area contributed by atoms with Crippen LogP contribution >= 0.6 is 0 Å². The minimum absolute atomic E-state index is 0.297. The van der Waals surface area contributed by atoms with Crippen molar-refractivity contribution in [3.63, 3.8) is 0 Å². The van der Waals surface area contributed by atoms with Crippen molar-refractivity contribution < 1.29 is 5.11 Å². The molecule has 0 amide bonds. The molecule has 1 aliphatic carbocycles. The van der Waals surface area contributed by atoms with E-state index in [4.69, 9.17) is 5.73 Å². The third-order valence-corrected chi connectivity index (χ3v) is 2.85. The van der Waals surface area contributed by atoms with Gasteiger partial charge in [0.05, 0.1) is 5.60 Å². The average Bonchev–Trinajstić information content (AvgIpc) is 1.86. The largest absolute Gasteiger partial charge is 0.390 e. The Hall–Kier alpha value is -0.0800. The Kier molecular flexibility index (Phi) is 2.55. The highest BCUT2D eigenvalue weighted by atomic mass is 16.3. The van der Waals surface area contributed by atoms with E-state index in [1.165, 1.54) is 0 Å². The molecule has 1 rings (SSSR count). The molecule has 1 atom stereocenters. The minimum atomic E-state index is -0.411. The van der Waals surface area contributed by atoms with Crippen molar-refractivity contribution in [3.8, 4) is 0 Å². The normalized spacial score (nSPS) is 42.0. The average molecular weight is 157 g/mol. The number of hydrogen-bond acceptors (Lipinski definition) is 2. The minimum Gasteiger partial charge on any atom is -0.390 e. The first-order valence-electron chi connectivity index (χ1n) is 4.49. The summed E-state index contributed by atoms with van der Waals surface area (Å²) in [5.41, 5.74) is 5.36. The van der Waals surface area contributed by atoms with Gasteiger partial charge in [0, 0.05) is 6.04 Å². The summed E-state index contributed by atoms with van der Waals surface area (Å²) in [7, 11) is 0. The van der Waals surface area contributed by atoms with Crippen LogP contribution in [0.4, 0.5) is 0 Å². The lowest BCUT2D eigenvalue weighted by atomic mass is 9.77.